The molecular formula is C40H52N4O5. The van der Waals surface area contributed by atoms with Crippen LogP contribution in [0, 0.1) is 37.5 Å². The lowest BCUT2D eigenvalue weighted by atomic mass is 9.80. The molecule has 49 heavy (non-hydrogen) atoms. The molecule has 8 bridgehead atoms. The maximum absolute atomic E-state index is 13.5. The lowest BCUT2D eigenvalue weighted by molar-refractivity contribution is -0.147. The van der Waals surface area contributed by atoms with Crippen LogP contribution in [0.4, 0.5) is 0 Å². The fourth-order valence-electron chi connectivity index (χ4n) is 8.52. The number of hydrogen-bond donors (Lipinski definition) is 5. The molecule has 1 unspecified atom stereocenters. The SMILES string of the molecule is CCc1c2[nH]c(c1C)/C=C1\NC(=C(C)[C@H]1CC)/C=C1\NC(C3=c4[nH]/c(c(C)c4[C@H](O)[C@@H]3C(=O)OC)=C\2)[C@@H](CCC(=O)OCC=C(C)C)[C@@H]1C. The van der Waals surface area contributed by atoms with Crippen molar-refractivity contribution in [2.75, 3.05) is 13.7 Å². The molecule has 0 amide bonds. The van der Waals surface area contributed by atoms with Crippen molar-refractivity contribution in [3.63, 3.8) is 0 Å². The first kappa shape index (κ1) is 34.6. The second-order valence-corrected chi connectivity index (χ2v) is 14.4. The summed E-state index contributed by atoms with van der Waals surface area (Å²) in [4.78, 5) is 33.8. The molecule has 1 aliphatic carbocycles. The number of aliphatic hydroxyl groups is 1. The van der Waals surface area contributed by atoms with Gasteiger partial charge in [0.15, 0.2) is 0 Å². The van der Waals surface area contributed by atoms with Crippen LogP contribution in [0.5, 0.6) is 0 Å². The summed E-state index contributed by atoms with van der Waals surface area (Å²) in [5, 5.41) is 21.1. The van der Waals surface area contributed by atoms with Gasteiger partial charge < -0.3 is 35.2 Å². The van der Waals surface area contributed by atoms with E-state index >= 15 is 0 Å². The molecule has 0 spiro atoms. The fourth-order valence-corrected chi connectivity index (χ4v) is 8.52. The Morgan fingerprint density at radius 2 is 1.76 bits per heavy atom. The van der Waals surface area contributed by atoms with E-state index in [0.29, 0.717) is 6.42 Å². The summed E-state index contributed by atoms with van der Waals surface area (Å²) < 4.78 is 10.9. The van der Waals surface area contributed by atoms with E-state index < -0.39 is 18.0 Å². The second-order valence-electron chi connectivity index (χ2n) is 14.4. The number of carbonyl (C=O) groups excluding carboxylic acids is 2. The zero-order chi connectivity index (χ0) is 35.3. The summed E-state index contributed by atoms with van der Waals surface area (Å²) in [6, 6.07) is -0.338. The van der Waals surface area contributed by atoms with E-state index in [9.17, 15) is 14.7 Å². The highest BCUT2D eigenvalue weighted by Gasteiger charge is 2.49. The monoisotopic (exact) mass is 668 g/mol. The van der Waals surface area contributed by atoms with Crippen molar-refractivity contribution in [2.45, 2.75) is 93.2 Å². The number of esters is 2. The Labute approximate surface area is 289 Å². The summed E-state index contributed by atoms with van der Waals surface area (Å²) in [6.45, 7) is 17.1. The smallest absolute Gasteiger partial charge is 0.315 e. The molecule has 2 aromatic heterocycles. The van der Waals surface area contributed by atoms with E-state index in [0.717, 1.165) is 68.6 Å². The summed E-state index contributed by atoms with van der Waals surface area (Å²) in [7, 11) is 1.37. The fraction of sp³-hybridized carbons (Fsp3) is 0.500. The van der Waals surface area contributed by atoms with Crippen molar-refractivity contribution in [3.05, 3.63) is 84.7 Å². The van der Waals surface area contributed by atoms with Crippen LogP contribution in [0.25, 0.3) is 17.7 Å². The van der Waals surface area contributed by atoms with Crippen LogP contribution in [0.15, 0.2) is 40.4 Å². The van der Waals surface area contributed by atoms with Crippen LogP contribution in [0.2, 0.25) is 0 Å². The summed E-state index contributed by atoms with van der Waals surface area (Å²) in [5.41, 5.74) is 12.6. The Morgan fingerprint density at radius 1 is 1.00 bits per heavy atom. The van der Waals surface area contributed by atoms with Crippen molar-refractivity contribution in [1.82, 2.24) is 20.6 Å². The lowest BCUT2D eigenvalue weighted by Gasteiger charge is -2.27. The molecule has 2 aromatic rings. The number of aliphatic hydroxyl groups excluding tert-OH is 1. The third kappa shape index (κ3) is 6.00. The van der Waals surface area contributed by atoms with Gasteiger partial charge in [0, 0.05) is 63.0 Å². The van der Waals surface area contributed by atoms with Gasteiger partial charge in [-0.15, -0.1) is 0 Å². The van der Waals surface area contributed by atoms with Crippen molar-refractivity contribution < 1.29 is 24.2 Å². The minimum Gasteiger partial charge on any atom is -0.468 e. The van der Waals surface area contributed by atoms with E-state index in [1.165, 1.54) is 29.5 Å². The molecule has 262 valence electrons. The topological polar surface area (TPSA) is 128 Å². The average Bonchev–Trinajstić information content (AvgIpc) is 3.80. The van der Waals surface area contributed by atoms with E-state index in [1.807, 2.05) is 26.8 Å². The van der Waals surface area contributed by atoms with Crippen LogP contribution in [0.3, 0.4) is 0 Å². The maximum atomic E-state index is 13.5. The average molecular weight is 669 g/mol. The Kier molecular flexibility index (Phi) is 9.59. The van der Waals surface area contributed by atoms with Crippen molar-refractivity contribution in [2.24, 2.45) is 23.7 Å². The molecule has 4 aliphatic rings. The Morgan fingerprint density at radius 3 is 2.43 bits per heavy atom. The number of nitrogens with one attached hydrogen (secondary N) is 4. The molecule has 6 rings (SSSR count). The molecule has 1 fully saturated rings. The maximum Gasteiger partial charge on any atom is 0.315 e. The van der Waals surface area contributed by atoms with Crippen LogP contribution in [0.1, 0.15) is 101 Å². The van der Waals surface area contributed by atoms with Crippen LogP contribution >= 0.6 is 0 Å². The van der Waals surface area contributed by atoms with Crippen molar-refractivity contribution in [3.8, 4) is 0 Å². The predicted molar refractivity (Wildman–Crippen MR) is 192 cm³/mol. The minimum absolute atomic E-state index is 0.0236. The van der Waals surface area contributed by atoms with Crippen LogP contribution in [-0.4, -0.2) is 46.8 Å². The van der Waals surface area contributed by atoms with E-state index in [2.05, 4.69) is 73.4 Å². The van der Waals surface area contributed by atoms with Gasteiger partial charge in [-0.1, -0.05) is 26.3 Å². The second kappa shape index (κ2) is 13.6. The first-order valence-corrected chi connectivity index (χ1v) is 17.8. The van der Waals surface area contributed by atoms with Gasteiger partial charge in [-0.2, -0.15) is 0 Å². The largest absolute Gasteiger partial charge is 0.468 e. The molecule has 0 saturated carbocycles. The molecule has 9 heteroatoms. The minimum atomic E-state index is -1.07. The molecule has 5 N–H and O–H groups in total. The molecule has 0 radical (unpaired) electrons. The van der Waals surface area contributed by atoms with Gasteiger partial charge in [0.2, 0.25) is 0 Å². The number of ether oxygens (including phenoxy) is 2. The van der Waals surface area contributed by atoms with Gasteiger partial charge in [0.25, 0.3) is 0 Å². The third-order valence-corrected chi connectivity index (χ3v) is 11.4. The van der Waals surface area contributed by atoms with Gasteiger partial charge in [-0.05, 0) is 112 Å². The van der Waals surface area contributed by atoms with E-state index in [-0.39, 0.29) is 42.8 Å². The van der Waals surface area contributed by atoms with Crippen LogP contribution in [-0.2, 0) is 25.5 Å². The summed E-state index contributed by atoms with van der Waals surface area (Å²) in [6.07, 6.45) is 10.0. The molecule has 9 nitrogen and oxygen atoms in total. The van der Waals surface area contributed by atoms with Gasteiger partial charge in [0.05, 0.1) is 19.3 Å². The quantitative estimate of drug-likeness (QED) is 0.198. The first-order chi connectivity index (χ1) is 23.4. The predicted octanol–water partition coefficient (Wildman–Crippen LogP) is 4.99. The van der Waals surface area contributed by atoms with Gasteiger partial charge in [-0.3, -0.25) is 9.59 Å². The molecular weight excluding hydrogens is 616 g/mol. The molecule has 0 aromatic carbocycles. The molecule has 1 saturated heterocycles. The number of allylic oxidation sites excluding steroid dienone is 4. The molecule has 5 heterocycles. The number of fused-ring (bicyclic) bond motifs is 8. The Balaban J connectivity index is 1.57. The zero-order valence-electron chi connectivity index (χ0n) is 30.4. The Hall–Kier alpha value is -4.24. The normalized spacial score (nSPS) is 28.1. The number of aromatic amines is 2. The summed E-state index contributed by atoms with van der Waals surface area (Å²) in [5.74, 6) is -1.40. The highest BCUT2D eigenvalue weighted by atomic mass is 16.5. The number of aromatic nitrogens is 2. The van der Waals surface area contributed by atoms with Gasteiger partial charge in [-0.25, -0.2) is 0 Å². The lowest BCUT2D eigenvalue weighted by Crippen LogP contribution is -2.37. The molecule has 6 atom stereocenters. The highest BCUT2D eigenvalue weighted by molar-refractivity contribution is 5.88. The summed E-state index contributed by atoms with van der Waals surface area (Å²) >= 11 is 0. The Bertz CT molecular complexity index is 1930. The third-order valence-electron chi connectivity index (χ3n) is 11.4. The van der Waals surface area contributed by atoms with Crippen molar-refractivity contribution in [1.29, 1.82) is 0 Å². The van der Waals surface area contributed by atoms with Gasteiger partial charge in [0.1, 0.15) is 12.5 Å². The number of methoxy groups -OCH3 is 1. The standard InChI is InChI=1S/C40H52N4O5/c1-10-24-20(5)27-16-29-22(7)26(12-13-33(45)49-15-14-19(3)4)37(43-29)35-36(40(47)48-9)39(46)34-23(8)30(44-38(34)35)18-32-25(11-2)21(6)28(42-32)17-31(24)41-27/h14,16-18,22,24,26,36-37,39,41-44,46H,10-13,15H2,1-9H3/b29-16-,30-18-,31-17-/t22-,24+,26-,36+,37?,39-/m0/s1. The number of hydrogen-bond acceptors (Lipinski definition) is 7. The van der Waals surface area contributed by atoms with Crippen molar-refractivity contribution >= 4 is 29.7 Å². The highest BCUT2D eigenvalue weighted by Crippen LogP contribution is 2.45. The first-order valence-electron chi connectivity index (χ1n) is 17.8. The van der Waals surface area contributed by atoms with Crippen LogP contribution < -0.4 is 21.3 Å². The number of rotatable bonds is 8. The zero-order valence-corrected chi connectivity index (χ0v) is 30.4. The molecule has 3 aliphatic heterocycles. The van der Waals surface area contributed by atoms with E-state index in [1.54, 1.807) is 0 Å². The van der Waals surface area contributed by atoms with E-state index in [4.69, 9.17) is 9.47 Å². The van der Waals surface area contributed by atoms with Gasteiger partial charge >= 0.3 is 11.9 Å². The number of H-pyrrole nitrogens is 2. The number of carbonyl (C=O) groups is 2.